The molecule has 0 aliphatic carbocycles. The van der Waals surface area contributed by atoms with E-state index in [1.807, 2.05) is 37.3 Å². The van der Waals surface area contributed by atoms with Gasteiger partial charge in [-0.25, -0.2) is 0 Å². The Hall–Kier alpha value is -0.900. The van der Waals surface area contributed by atoms with Gasteiger partial charge in [-0.05, 0) is 12.5 Å². The lowest BCUT2D eigenvalue weighted by atomic mass is 10.1. The van der Waals surface area contributed by atoms with Crippen LogP contribution in [0.3, 0.4) is 0 Å². The molecule has 14 heavy (non-hydrogen) atoms. The SMILES string of the molecule is CCOC(c1ccccc1)[C@H](O)CO. The predicted molar refractivity (Wildman–Crippen MR) is 53.9 cm³/mol. The molecule has 0 bridgehead atoms. The Balaban J connectivity index is 2.77. The van der Waals surface area contributed by atoms with Crippen molar-refractivity contribution in [2.45, 2.75) is 19.1 Å². The maximum atomic E-state index is 9.53. The minimum Gasteiger partial charge on any atom is -0.394 e. The molecular formula is C11H16O3. The molecule has 1 unspecified atom stereocenters. The zero-order chi connectivity index (χ0) is 10.4. The molecule has 0 radical (unpaired) electrons. The second-order valence-electron chi connectivity index (χ2n) is 3.04. The van der Waals surface area contributed by atoms with Gasteiger partial charge in [0.25, 0.3) is 0 Å². The monoisotopic (exact) mass is 196 g/mol. The van der Waals surface area contributed by atoms with Crippen LogP contribution in [-0.2, 0) is 4.74 Å². The highest BCUT2D eigenvalue weighted by atomic mass is 16.5. The Morgan fingerprint density at radius 3 is 2.43 bits per heavy atom. The molecule has 0 saturated heterocycles. The molecule has 78 valence electrons. The number of rotatable bonds is 5. The summed E-state index contributed by atoms with van der Waals surface area (Å²) in [4.78, 5) is 0. The minimum atomic E-state index is -0.864. The van der Waals surface area contributed by atoms with Gasteiger partial charge in [-0.1, -0.05) is 30.3 Å². The summed E-state index contributed by atoms with van der Waals surface area (Å²) in [6, 6.07) is 9.41. The lowest BCUT2D eigenvalue weighted by Gasteiger charge is -2.21. The van der Waals surface area contributed by atoms with Crippen LogP contribution in [0.4, 0.5) is 0 Å². The van der Waals surface area contributed by atoms with Gasteiger partial charge < -0.3 is 14.9 Å². The summed E-state index contributed by atoms with van der Waals surface area (Å²) in [5, 5.41) is 18.4. The molecule has 0 aromatic heterocycles. The van der Waals surface area contributed by atoms with E-state index < -0.39 is 12.2 Å². The summed E-state index contributed by atoms with van der Waals surface area (Å²) in [7, 11) is 0. The van der Waals surface area contributed by atoms with Crippen molar-refractivity contribution in [2.75, 3.05) is 13.2 Å². The van der Waals surface area contributed by atoms with Crippen LogP contribution in [-0.4, -0.2) is 29.5 Å². The third kappa shape index (κ3) is 2.80. The van der Waals surface area contributed by atoms with Crippen molar-refractivity contribution >= 4 is 0 Å². The summed E-state index contributed by atoms with van der Waals surface area (Å²) in [5.41, 5.74) is 0.885. The van der Waals surface area contributed by atoms with Crippen molar-refractivity contribution in [1.29, 1.82) is 0 Å². The summed E-state index contributed by atoms with van der Waals surface area (Å²) in [6.45, 7) is 2.08. The van der Waals surface area contributed by atoms with Crippen molar-refractivity contribution in [1.82, 2.24) is 0 Å². The molecule has 0 saturated carbocycles. The highest BCUT2D eigenvalue weighted by Gasteiger charge is 2.20. The zero-order valence-corrected chi connectivity index (χ0v) is 8.26. The number of benzene rings is 1. The molecule has 0 fully saturated rings. The average Bonchev–Trinajstić information content (AvgIpc) is 2.26. The molecule has 3 heteroatoms. The van der Waals surface area contributed by atoms with E-state index in [1.165, 1.54) is 0 Å². The van der Waals surface area contributed by atoms with Crippen LogP contribution in [0.5, 0.6) is 0 Å². The molecule has 0 spiro atoms. The van der Waals surface area contributed by atoms with Crippen molar-refractivity contribution in [3.05, 3.63) is 35.9 Å². The van der Waals surface area contributed by atoms with E-state index in [1.54, 1.807) is 0 Å². The lowest BCUT2D eigenvalue weighted by molar-refractivity contribution is -0.0560. The Kier molecular flexibility index (Phi) is 4.59. The van der Waals surface area contributed by atoms with Gasteiger partial charge in [0.15, 0.2) is 0 Å². The summed E-state index contributed by atoms with van der Waals surface area (Å²) in [6.07, 6.45) is -1.30. The number of hydrogen-bond donors (Lipinski definition) is 2. The smallest absolute Gasteiger partial charge is 0.111 e. The number of aliphatic hydroxyl groups is 2. The Morgan fingerprint density at radius 2 is 1.93 bits per heavy atom. The van der Waals surface area contributed by atoms with Crippen molar-refractivity contribution in [2.24, 2.45) is 0 Å². The van der Waals surface area contributed by atoms with Crippen molar-refractivity contribution in [3.8, 4) is 0 Å². The maximum absolute atomic E-state index is 9.53. The average molecular weight is 196 g/mol. The molecule has 0 amide bonds. The summed E-state index contributed by atoms with van der Waals surface area (Å²) >= 11 is 0. The quantitative estimate of drug-likeness (QED) is 0.742. The molecule has 1 aromatic carbocycles. The molecule has 2 atom stereocenters. The molecule has 0 heterocycles. The molecule has 2 N–H and O–H groups in total. The van der Waals surface area contributed by atoms with Crippen molar-refractivity contribution in [3.63, 3.8) is 0 Å². The lowest BCUT2D eigenvalue weighted by Crippen LogP contribution is -2.24. The Bertz CT molecular complexity index is 248. The van der Waals surface area contributed by atoms with Crippen LogP contribution >= 0.6 is 0 Å². The molecule has 0 aliphatic heterocycles. The van der Waals surface area contributed by atoms with Gasteiger partial charge in [-0.3, -0.25) is 0 Å². The number of aliphatic hydroxyl groups excluding tert-OH is 2. The van der Waals surface area contributed by atoms with Crippen LogP contribution in [0.25, 0.3) is 0 Å². The maximum Gasteiger partial charge on any atom is 0.111 e. The predicted octanol–water partition coefficient (Wildman–Crippen LogP) is 1.12. The van der Waals surface area contributed by atoms with Gasteiger partial charge in [-0.2, -0.15) is 0 Å². The molecule has 1 rings (SSSR count). The first-order chi connectivity index (χ1) is 6.79. The van der Waals surface area contributed by atoms with E-state index in [-0.39, 0.29) is 6.61 Å². The third-order valence-electron chi connectivity index (χ3n) is 2.01. The first-order valence-electron chi connectivity index (χ1n) is 4.75. The fraction of sp³-hybridized carbons (Fsp3) is 0.455. The van der Waals surface area contributed by atoms with E-state index in [0.717, 1.165) is 5.56 Å². The van der Waals surface area contributed by atoms with Crippen LogP contribution in [0, 0.1) is 0 Å². The Labute approximate surface area is 84.0 Å². The van der Waals surface area contributed by atoms with Gasteiger partial charge in [0.2, 0.25) is 0 Å². The Morgan fingerprint density at radius 1 is 1.29 bits per heavy atom. The first-order valence-corrected chi connectivity index (χ1v) is 4.75. The van der Waals surface area contributed by atoms with Crippen LogP contribution < -0.4 is 0 Å². The van der Waals surface area contributed by atoms with Gasteiger partial charge in [0.1, 0.15) is 12.2 Å². The molecule has 1 aromatic rings. The van der Waals surface area contributed by atoms with Gasteiger partial charge >= 0.3 is 0 Å². The third-order valence-corrected chi connectivity index (χ3v) is 2.01. The number of hydrogen-bond acceptors (Lipinski definition) is 3. The van der Waals surface area contributed by atoms with Crippen LogP contribution in [0.2, 0.25) is 0 Å². The molecular weight excluding hydrogens is 180 g/mol. The van der Waals surface area contributed by atoms with E-state index in [4.69, 9.17) is 9.84 Å². The van der Waals surface area contributed by atoms with E-state index in [9.17, 15) is 5.11 Å². The van der Waals surface area contributed by atoms with Gasteiger partial charge in [-0.15, -0.1) is 0 Å². The van der Waals surface area contributed by atoms with Gasteiger partial charge in [0.05, 0.1) is 6.61 Å². The highest BCUT2D eigenvalue weighted by Crippen LogP contribution is 2.20. The van der Waals surface area contributed by atoms with Crippen molar-refractivity contribution < 1.29 is 14.9 Å². The van der Waals surface area contributed by atoms with E-state index >= 15 is 0 Å². The second kappa shape index (κ2) is 5.75. The first kappa shape index (κ1) is 11.2. The fourth-order valence-corrected chi connectivity index (χ4v) is 1.35. The highest BCUT2D eigenvalue weighted by molar-refractivity contribution is 5.18. The van der Waals surface area contributed by atoms with E-state index in [0.29, 0.717) is 6.61 Å². The molecule has 0 aliphatic rings. The standard InChI is InChI=1S/C11H16O3/c1-2-14-11(10(13)8-12)9-6-4-3-5-7-9/h3-7,10-13H,2,8H2,1H3/t10-,11?/m1/s1. The number of ether oxygens (including phenoxy) is 1. The van der Waals surface area contributed by atoms with Crippen LogP contribution in [0.15, 0.2) is 30.3 Å². The topological polar surface area (TPSA) is 49.7 Å². The largest absolute Gasteiger partial charge is 0.394 e. The molecule has 3 nitrogen and oxygen atoms in total. The zero-order valence-electron chi connectivity index (χ0n) is 8.26. The minimum absolute atomic E-state index is 0.292. The summed E-state index contributed by atoms with van der Waals surface area (Å²) in [5.74, 6) is 0. The summed E-state index contributed by atoms with van der Waals surface area (Å²) < 4.78 is 5.37. The van der Waals surface area contributed by atoms with Crippen LogP contribution in [0.1, 0.15) is 18.6 Å². The second-order valence-corrected chi connectivity index (χ2v) is 3.04. The van der Waals surface area contributed by atoms with Gasteiger partial charge in [0, 0.05) is 6.61 Å². The fourth-order valence-electron chi connectivity index (χ4n) is 1.35. The normalized spacial score (nSPS) is 15.1. The van der Waals surface area contributed by atoms with E-state index in [2.05, 4.69) is 0 Å².